The van der Waals surface area contributed by atoms with Gasteiger partial charge < -0.3 is 10.4 Å². The Hall–Kier alpha value is -0.640. The first-order valence-electron chi connectivity index (χ1n) is 4.67. The summed E-state index contributed by atoms with van der Waals surface area (Å²) in [6.45, 7) is 3.28. The summed E-state index contributed by atoms with van der Waals surface area (Å²) in [7, 11) is 0. The number of pyridine rings is 1. The lowest BCUT2D eigenvalue weighted by molar-refractivity contribution is 0.183. The van der Waals surface area contributed by atoms with Crippen molar-refractivity contribution in [3.05, 3.63) is 29.0 Å². The molecule has 0 aromatic carbocycles. The van der Waals surface area contributed by atoms with Crippen molar-refractivity contribution >= 4 is 11.6 Å². The third-order valence-corrected chi connectivity index (χ3v) is 2.25. The van der Waals surface area contributed by atoms with E-state index in [4.69, 9.17) is 16.7 Å². The first kappa shape index (κ1) is 11.4. The lowest BCUT2D eigenvalue weighted by Crippen LogP contribution is -2.18. The van der Waals surface area contributed by atoms with E-state index in [1.165, 1.54) is 0 Å². The maximum atomic E-state index is 9.03. The molecule has 4 heteroatoms. The van der Waals surface area contributed by atoms with Crippen LogP contribution < -0.4 is 5.32 Å². The molecule has 0 fully saturated rings. The van der Waals surface area contributed by atoms with Crippen molar-refractivity contribution in [1.82, 2.24) is 10.3 Å². The Bertz CT molecular complexity index is 279. The van der Waals surface area contributed by atoms with Crippen LogP contribution in [0.15, 0.2) is 18.5 Å². The summed E-state index contributed by atoms with van der Waals surface area (Å²) in [6.07, 6.45) is 3.85. The van der Waals surface area contributed by atoms with Crippen LogP contribution in [0.25, 0.3) is 0 Å². The fourth-order valence-corrected chi connectivity index (χ4v) is 1.27. The Morgan fingerprint density at radius 2 is 2.43 bits per heavy atom. The number of aliphatic hydroxyl groups is 1. The Morgan fingerprint density at radius 1 is 1.64 bits per heavy atom. The molecule has 0 aliphatic carbocycles. The lowest BCUT2D eigenvalue weighted by Gasteiger charge is -2.07. The second-order valence-corrected chi connectivity index (χ2v) is 3.69. The number of nitrogens with one attached hydrogen (secondary N) is 1. The molecule has 78 valence electrons. The summed E-state index contributed by atoms with van der Waals surface area (Å²) in [5.74, 6) is 0. The zero-order valence-corrected chi connectivity index (χ0v) is 8.96. The van der Waals surface area contributed by atoms with E-state index in [0.717, 1.165) is 18.5 Å². The van der Waals surface area contributed by atoms with Gasteiger partial charge in [0.2, 0.25) is 0 Å². The Morgan fingerprint density at radius 3 is 3.07 bits per heavy atom. The average molecular weight is 215 g/mol. The minimum atomic E-state index is -0.254. The standard InChI is InChI=1S/C10H15ClN2O/c1-8(14)2-4-12-6-9-3-5-13-7-10(9)11/h3,5,7-8,12,14H,2,4,6H2,1H3. The quantitative estimate of drug-likeness (QED) is 0.732. The smallest absolute Gasteiger partial charge is 0.0634 e. The van der Waals surface area contributed by atoms with E-state index in [9.17, 15) is 0 Å². The molecule has 1 aromatic heterocycles. The molecule has 0 aliphatic heterocycles. The SMILES string of the molecule is CC(O)CCNCc1ccncc1Cl. The number of aliphatic hydroxyl groups excluding tert-OH is 1. The van der Waals surface area contributed by atoms with Gasteiger partial charge in [0.05, 0.1) is 11.1 Å². The molecule has 0 aliphatic rings. The number of halogens is 1. The van der Waals surface area contributed by atoms with E-state index in [2.05, 4.69) is 10.3 Å². The molecule has 3 nitrogen and oxygen atoms in total. The number of nitrogens with zero attached hydrogens (tertiary/aromatic N) is 1. The molecular formula is C10H15ClN2O. The highest BCUT2D eigenvalue weighted by molar-refractivity contribution is 6.31. The third kappa shape index (κ3) is 4.05. The first-order chi connectivity index (χ1) is 6.70. The van der Waals surface area contributed by atoms with Crippen molar-refractivity contribution in [2.75, 3.05) is 6.54 Å². The van der Waals surface area contributed by atoms with Gasteiger partial charge in [-0.25, -0.2) is 0 Å². The molecule has 0 spiro atoms. The van der Waals surface area contributed by atoms with Crippen molar-refractivity contribution in [3.8, 4) is 0 Å². The van der Waals surface area contributed by atoms with Crippen molar-refractivity contribution in [3.63, 3.8) is 0 Å². The van der Waals surface area contributed by atoms with Gasteiger partial charge in [-0.1, -0.05) is 11.6 Å². The van der Waals surface area contributed by atoms with Crippen LogP contribution >= 0.6 is 11.6 Å². The van der Waals surface area contributed by atoms with Crippen LogP contribution in [-0.4, -0.2) is 22.7 Å². The van der Waals surface area contributed by atoms with E-state index >= 15 is 0 Å². The van der Waals surface area contributed by atoms with Gasteiger partial charge in [0.25, 0.3) is 0 Å². The van der Waals surface area contributed by atoms with E-state index in [0.29, 0.717) is 11.6 Å². The Labute approximate surface area is 89.1 Å². The second kappa shape index (κ2) is 5.96. The summed E-state index contributed by atoms with van der Waals surface area (Å²) in [4.78, 5) is 3.90. The van der Waals surface area contributed by atoms with Crippen molar-refractivity contribution < 1.29 is 5.11 Å². The molecule has 0 saturated heterocycles. The van der Waals surface area contributed by atoms with Gasteiger partial charge >= 0.3 is 0 Å². The monoisotopic (exact) mass is 214 g/mol. The van der Waals surface area contributed by atoms with E-state index in [1.54, 1.807) is 19.3 Å². The van der Waals surface area contributed by atoms with Crippen LogP contribution in [0.5, 0.6) is 0 Å². The molecule has 1 heterocycles. The minimum Gasteiger partial charge on any atom is -0.393 e. The van der Waals surface area contributed by atoms with Gasteiger partial charge in [0.1, 0.15) is 0 Å². The van der Waals surface area contributed by atoms with Crippen LogP contribution in [0.4, 0.5) is 0 Å². The van der Waals surface area contributed by atoms with Crippen LogP contribution in [0.1, 0.15) is 18.9 Å². The van der Waals surface area contributed by atoms with Gasteiger partial charge in [0.15, 0.2) is 0 Å². The van der Waals surface area contributed by atoms with Gasteiger partial charge in [-0.15, -0.1) is 0 Å². The molecule has 2 N–H and O–H groups in total. The van der Waals surface area contributed by atoms with Gasteiger partial charge in [-0.05, 0) is 31.5 Å². The zero-order valence-electron chi connectivity index (χ0n) is 8.20. The largest absolute Gasteiger partial charge is 0.393 e. The van der Waals surface area contributed by atoms with Gasteiger partial charge in [-0.3, -0.25) is 4.98 Å². The summed E-state index contributed by atoms with van der Waals surface area (Å²) >= 11 is 5.91. The maximum absolute atomic E-state index is 9.03. The lowest BCUT2D eigenvalue weighted by atomic mass is 10.2. The van der Waals surface area contributed by atoms with Crippen molar-refractivity contribution in [2.24, 2.45) is 0 Å². The summed E-state index contributed by atoms with van der Waals surface area (Å²) in [5, 5.41) is 12.9. The van der Waals surface area contributed by atoms with Gasteiger partial charge in [-0.2, -0.15) is 0 Å². The molecule has 1 rings (SSSR count). The van der Waals surface area contributed by atoms with Crippen LogP contribution in [0.3, 0.4) is 0 Å². The topological polar surface area (TPSA) is 45.1 Å². The molecule has 0 saturated carbocycles. The highest BCUT2D eigenvalue weighted by Crippen LogP contribution is 2.12. The molecule has 1 unspecified atom stereocenters. The fourth-order valence-electron chi connectivity index (χ4n) is 1.08. The van der Waals surface area contributed by atoms with Crippen molar-refractivity contribution in [1.29, 1.82) is 0 Å². The molecule has 1 aromatic rings. The molecule has 0 radical (unpaired) electrons. The predicted octanol–water partition coefficient (Wildman–Crippen LogP) is 1.60. The van der Waals surface area contributed by atoms with E-state index < -0.39 is 0 Å². The molecule has 1 atom stereocenters. The number of hydrogen-bond acceptors (Lipinski definition) is 3. The van der Waals surface area contributed by atoms with E-state index in [1.807, 2.05) is 6.07 Å². The van der Waals surface area contributed by atoms with Crippen LogP contribution in [0.2, 0.25) is 5.02 Å². The molecule has 0 bridgehead atoms. The van der Waals surface area contributed by atoms with Crippen molar-refractivity contribution in [2.45, 2.75) is 26.0 Å². The van der Waals surface area contributed by atoms with Crippen LogP contribution in [0, 0.1) is 0 Å². The molecule has 14 heavy (non-hydrogen) atoms. The molecule has 0 amide bonds. The second-order valence-electron chi connectivity index (χ2n) is 3.28. The first-order valence-corrected chi connectivity index (χ1v) is 5.05. The summed E-state index contributed by atoms with van der Waals surface area (Å²) < 4.78 is 0. The summed E-state index contributed by atoms with van der Waals surface area (Å²) in [6, 6.07) is 1.89. The van der Waals surface area contributed by atoms with Gasteiger partial charge in [0, 0.05) is 18.9 Å². The minimum absolute atomic E-state index is 0.254. The maximum Gasteiger partial charge on any atom is 0.0634 e. The zero-order chi connectivity index (χ0) is 10.4. The Balaban J connectivity index is 2.28. The number of aromatic nitrogens is 1. The highest BCUT2D eigenvalue weighted by atomic mass is 35.5. The summed E-state index contributed by atoms with van der Waals surface area (Å²) in [5.41, 5.74) is 1.03. The predicted molar refractivity (Wildman–Crippen MR) is 57.3 cm³/mol. The van der Waals surface area contributed by atoms with E-state index in [-0.39, 0.29) is 6.10 Å². The third-order valence-electron chi connectivity index (χ3n) is 1.91. The average Bonchev–Trinajstić information content (AvgIpc) is 2.15. The van der Waals surface area contributed by atoms with Crippen LogP contribution in [-0.2, 0) is 6.54 Å². The fraction of sp³-hybridized carbons (Fsp3) is 0.500. The number of hydrogen-bond donors (Lipinski definition) is 2. The number of rotatable bonds is 5. The Kier molecular flexibility index (Phi) is 4.87. The normalized spacial score (nSPS) is 12.8. The molecular weight excluding hydrogens is 200 g/mol. The highest BCUT2D eigenvalue weighted by Gasteiger charge is 1.99.